The number of nitrogens with zero attached hydrogens (tertiary/aromatic N) is 5. The summed E-state index contributed by atoms with van der Waals surface area (Å²) >= 11 is 0. The Hall–Kier alpha value is -8.61. The zero-order valence-electron chi connectivity index (χ0n) is 33.7. The summed E-state index contributed by atoms with van der Waals surface area (Å²) < 4.78 is 6.34. The van der Waals surface area contributed by atoms with Crippen molar-refractivity contribution in [1.82, 2.24) is 24.9 Å². The van der Waals surface area contributed by atoms with Crippen molar-refractivity contribution < 1.29 is 4.42 Å². The normalized spacial score (nSPS) is 11.8. The van der Waals surface area contributed by atoms with Crippen LogP contribution in [0.2, 0.25) is 0 Å². The standard InChI is InChI=1S/C57H33N5O/c1-2-15-34(16-3-1)55-60-56(62-57(61-55)47-26-14-28-51-52(47)46-25-12-13-27-50(46)63-51)38-30-36(48-32-35-17-4-5-18-39(35)40-19-6-7-22-43(40)48)29-37(31-38)49-33-58-53-44-23-10-8-20-41(44)42-21-9-11-24-45(42)54(53)59-49/h1-33H. The average Bonchev–Trinajstić information content (AvgIpc) is 3.75. The number of para-hydroxylation sites is 1. The molecule has 6 heteroatoms. The van der Waals surface area contributed by atoms with Gasteiger partial charge in [0.2, 0.25) is 0 Å². The van der Waals surface area contributed by atoms with Crippen LogP contribution < -0.4 is 0 Å². The van der Waals surface area contributed by atoms with E-state index in [0.29, 0.717) is 17.5 Å². The van der Waals surface area contributed by atoms with Crippen LogP contribution in [0.4, 0.5) is 0 Å². The zero-order chi connectivity index (χ0) is 41.4. The lowest BCUT2D eigenvalue weighted by atomic mass is 9.91. The van der Waals surface area contributed by atoms with E-state index in [0.717, 1.165) is 104 Å². The van der Waals surface area contributed by atoms with Gasteiger partial charge in [0.25, 0.3) is 0 Å². The molecule has 0 atom stereocenters. The Kier molecular flexibility index (Phi) is 7.80. The van der Waals surface area contributed by atoms with E-state index in [1.165, 1.54) is 10.8 Å². The molecule has 0 spiro atoms. The first-order valence-corrected chi connectivity index (χ1v) is 21.1. The molecule has 292 valence electrons. The summed E-state index contributed by atoms with van der Waals surface area (Å²) in [5.41, 5.74) is 9.69. The van der Waals surface area contributed by atoms with Gasteiger partial charge in [0.15, 0.2) is 17.5 Å². The lowest BCUT2D eigenvalue weighted by molar-refractivity contribution is 0.669. The van der Waals surface area contributed by atoms with E-state index >= 15 is 0 Å². The number of fused-ring (bicyclic) bond motifs is 12. The highest BCUT2D eigenvalue weighted by Crippen LogP contribution is 2.41. The number of hydrogen-bond acceptors (Lipinski definition) is 6. The number of benzene rings is 10. The molecule has 0 N–H and O–H groups in total. The SMILES string of the molecule is c1ccc(-c2nc(-c3cc(-c4cnc5c6ccccc6c6ccccc6c5n4)cc(-c4cc5ccccc5c5ccccc45)c3)nc(-c3cccc4oc5ccccc5c34)n2)cc1. The molecule has 0 fully saturated rings. The van der Waals surface area contributed by atoms with Crippen molar-refractivity contribution in [2.45, 2.75) is 0 Å². The van der Waals surface area contributed by atoms with Gasteiger partial charge in [-0.1, -0.05) is 158 Å². The van der Waals surface area contributed by atoms with Crippen LogP contribution in [0.5, 0.6) is 0 Å². The highest BCUT2D eigenvalue weighted by atomic mass is 16.3. The first-order chi connectivity index (χ1) is 31.2. The molecule has 3 aromatic heterocycles. The molecular formula is C57H33N5O. The van der Waals surface area contributed by atoms with E-state index in [-0.39, 0.29) is 0 Å². The molecule has 0 saturated heterocycles. The molecular weight excluding hydrogens is 771 g/mol. The summed E-state index contributed by atoms with van der Waals surface area (Å²) in [5, 5.41) is 11.1. The van der Waals surface area contributed by atoms with E-state index < -0.39 is 0 Å². The van der Waals surface area contributed by atoms with Gasteiger partial charge in [-0.25, -0.2) is 19.9 Å². The van der Waals surface area contributed by atoms with Crippen molar-refractivity contribution in [3.63, 3.8) is 0 Å². The summed E-state index contributed by atoms with van der Waals surface area (Å²) in [6.07, 6.45) is 1.91. The van der Waals surface area contributed by atoms with Gasteiger partial charge < -0.3 is 4.42 Å². The van der Waals surface area contributed by atoms with Crippen LogP contribution in [-0.2, 0) is 0 Å². The number of aromatic nitrogens is 5. The van der Waals surface area contributed by atoms with Gasteiger partial charge in [-0.05, 0) is 79.8 Å². The molecule has 0 amide bonds. The Labute approximate surface area is 360 Å². The van der Waals surface area contributed by atoms with Gasteiger partial charge >= 0.3 is 0 Å². The predicted octanol–water partition coefficient (Wildman–Crippen LogP) is 14.7. The average molecular weight is 804 g/mol. The minimum atomic E-state index is 0.544. The van der Waals surface area contributed by atoms with Gasteiger partial charge in [-0.15, -0.1) is 0 Å². The maximum absolute atomic E-state index is 6.34. The van der Waals surface area contributed by atoms with Crippen molar-refractivity contribution >= 4 is 76.1 Å². The first kappa shape index (κ1) is 35.2. The third-order valence-corrected chi connectivity index (χ3v) is 12.3. The maximum Gasteiger partial charge on any atom is 0.164 e. The molecule has 0 aliphatic heterocycles. The lowest BCUT2D eigenvalue weighted by Crippen LogP contribution is -2.01. The minimum absolute atomic E-state index is 0.544. The first-order valence-electron chi connectivity index (χ1n) is 21.1. The molecule has 0 aliphatic carbocycles. The van der Waals surface area contributed by atoms with E-state index in [9.17, 15) is 0 Å². The van der Waals surface area contributed by atoms with Crippen LogP contribution >= 0.6 is 0 Å². The molecule has 0 unspecified atom stereocenters. The van der Waals surface area contributed by atoms with E-state index in [1.807, 2.05) is 66.9 Å². The second-order valence-corrected chi connectivity index (χ2v) is 16.0. The quantitative estimate of drug-likeness (QED) is 0.161. The van der Waals surface area contributed by atoms with Crippen LogP contribution in [-0.4, -0.2) is 24.9 Å². The molecule has 0 aliphatic rings. The van der Waals surface area contributed by atoms with E-state index in [4.69, 9.17) is 29.3 Å². The topological polar surface area (TPSA) is 77.6 Å². The van der Waals surface area contributed by atoms with E-state index in [2.05, 4.69) is 133 Å². The molecule has 63 heavy (non-hydrogen) atoms. The zero-order valence-corrected chi connectivity index (χ0v) is 33.7. The molecule has 0 bridgehead atoms. The van der Waals surface area contributed by atoms with Gasteiger partial charge in [0.1, 0.15) is 11.2 Å². The van der Waals surface area contributed by atoms with Crippen molar-refractivity contribution in [3.05, 3.63) is 200 Å². The number of furan rings is 1. The maximum atomic E-state index is 6.34. The summed E-state index contributed by atoms with van der Waals surface area (Å²) in [7, 11) is 0. The highest BCUT2D eigenvalue weighted by molar-refractivity contribution is 6.23. The van der Waals surface area contributed by atoms with E-state index in [1.54, 1.807) is 0 Å². The Morgan fingerprint density at radius 1 is 0.317 bits per heavy atom. The summed E-state index contributed by atoms with van der Waals surface area (Å²) in [4.78, 5) is 26.4. The monoisotopic (exact) mass is 803 g/mol. The smallest absolute Gasteiger partial charge is 0.164 e. The second-order valence-electron chi connectivity index (χ2n) is 16.0. The minimum Gasteiger partial charge on any atom is -0.456 e. The Morgan fingerprint density at radius 2 is 0.873 bits per heavy atom. The lowest BCUT2D eigenvalue weighted by Gasteiger charge is -2.15. The summed E-state index contributed by atoms with van der Waals surface area (Å²) in [5.74, 6) is 1.68. The van der Waals surface area contributed by atoms with Crippen molar-refractivity contribution in [1.29, 1.82) is 0 Å². The van der Waals surface area contributed by atoms with Crippen LogP contribution in [0, 0.1) is 0 Å². The van der Waals surface area contributed by atoms with Crippen molar-refractivity contribution in [2.24, 2.45) is 0 Å². The fraction of sp³-hybridized carbons (Fsp3) is 0. The molecule has 10 aromatic carbocycles. The molecule has 0 radical (unpaired) electrons. The third-order valence-electron chi connectivity index (χ3n) is 12.3. The summed E-state index contributed by atoms with van der Waals surface area (Å²) in [6, 6.07) is 67.3. The molecule has 13 rings (SSSR count). The molecule has 6 nitrogen and oxygen atoms in total. The van der Waals surface area contributed by atoms with Gasteiger partial charge in [-0.2, -0.15) is 0 Å². The Morgan fingerprint density at radius 3 is 1.65 bits per heavy atom. The third kappa shape index (κ3) is 5.69. The molecule has 0 saturated carbocycles. The largest absolute Gasteiger partial charge is 0.456 e. The van der Waals surface area contributed by atoms with Crippen LogP contribution in [0.3, 0.4) is 0 Å². The van der Waals surface area contributed by atoms with Crippen molar-refractivity contribution in [2.75, 3.05) is 0 Å². The number of hydrogen-bond donors (Lipinski definition) is 0. The second kappa shape index (κ2) is 14.0. The molecule has 3 heterocycles. The van der Waals surface area contributed by atoms with Gasteiger partial charge in [-0.3, -0.25) is 4.98 Å². The van der Waals surface area contributed by atoms with Crippen molar-refractivity contribution in [3.8, 4) is 56.5 Å². The number of rotatable bonds is 5. The highest BCUT2D eigenvalue weighted by Gasteiger charge is 2.20. The fourth-order valence-corrected chi connectivity index (χ4v) is 9.42. The summed E-state index contributed by atoms with van der Waals surface area (Å²) in [6.45, 7) is 0. The predicted molar refractivity (Wildman–Crippen MR) is 257 cm³/mol. The fourth-order valence-electron chi connectivity index (χ4n) is 9.42. The molecule has 13 aromatic rings. The van der Waals surface area contributed by atoms with Crippen LogP contribution in [0.1, 0.15) is 0 Å². The Bertz CT molecular complexity index is 3950. The Balaban J connectivity index is 1.10. The van der Waals surface area contributed by atoms with Gasteiger partial charge in [0, 0.05) is 43.8 Å². The van der Waals surface area contributed by atoms with Crippen LogP contribution in [0.25, 0.3) is 133 Å². The van der Waals surface area contributed by atoms with Crippen LogP contribution in [0.15, 0.2) is 205 Å². The van der Waals surface area contributed by atoms with Gasteiger partial charge in [0.05, 0.1) is 22.9 Å².